The zero-order chi connectivity index (χ0) is 23.5. The van der Waals surface area contributed by atoms with E-state index in [-0.39, 0.29) is 23.9 Å². The summed E-state index contributed by atoms with van der Waals surface area (Å²) < 4.78 is 0. The highest BCUT2D eigenvalue weighted by Gasteiger charge is 2.38. The van der Waals surface area contributed by atoms with Crippen molar-refractivity contribution in [1.82, 2.24) is 15.1 Å². The van der Waals surface area contributed by atoms with Crippen LogP contribution in [0.25, 0.3) is 11.1 Å². The zero-order valence-electron chi connectivity index (χ0n) is 18.5. The Balaban J connectivity index is 1.42. The molecule has 2 heterocycles. The van der Waals surface area contributed by atoms with Gasteiger partial charge in [-0.25, -0.2) is 4.79 Å². The smallest absolute Gasteiger partial charge is 0.317 e. The third kappa shape index (κ3) is 4.95. The van der Waals surface area contributed by atoms with Crippen molar-refractivity contribution in [2.24, 2.45) is 5.92 Å². The maximum atomic E-state index is 13.2. The Morgan fingerprint density at radius 3 is 2.27 bits per heavy atom. The van der Waals surface area contributed by atoms with Gasteiger partial charge in [-0.15, -0.1) is 0 Å². The fourth-order valence-corrected chi connectivity index (χ4v) is 5.44. The van der Waals surface area contributed by atoms with E-state index in [9.17, 15) is 9.59 Å². The fourth-order valence-electron chi connectivity index (χ4n) is 4.80. The second-order valence-electron chi connectivity index (χ2n) is 8.60. The summed E-state index contributed by atoms with van der Waals surface area (Å²) in [5.74, 6) is 0.00873. The predicted molar refractivity (Wildman–Crippen MR) is 129 cm³/mol. The predicted octanol–water partition coefficient (Wildman–Crippen LogP) is 4.73. The van der Waals surface area contributed by atoms with Crippen LogP contribution in [0.4, 0.5) is 4.79 Å². The van der Waals surface area contributed by atoms with E-state index in [0.29, 0.717) is 35.1 Å². The molecule has 6 nitrogen and oxygen atoms in total. The largest absolute Gasteiger partial charge is 0.341 e. The average molecular weight is 485 g/mol. The highest BCUT2D eigenvalue weighted by atomic mass is 35.5. The molecule has 172 valence electrons. The van der Waals surface area contributed by atoms with Crippen LogP contribution in [0.1, 0.15) is 30.4 Å². The number of urea groups is 1. The molecule has 2 aromatic rings. The van der Waals surface area contributed by atoms with Gasteiger partial charge in [-0.3, -0.25) is 4.79 Å². The van der Waals surface area contributed by atoms with Gasteiger partial charge in [-0.2, -0.15) is 5.26 Å². The number of rotatable bonds is 4. The molecular formula is C25H26Cl2N4O2. The molecule has 33 heavy (non-hydrogen) atoms. The molecule has 0 radical (unpaired) electrons. The molecule has 2 aliphatic rings. The summed E-state index contributed by atoms with van der Waals surface area (Å²) in [6.45, 7) is 2.05. The number of hydrogen-bond donors (Lipinski definition) is 1. The molecule has 4 rings (SSSR count). The van der Waals surface area contributed by atoms with Crippen molar-refractivity contribution in [3.8, 4) is 17.2 Å². The third-order valence-corrected chi connectivity index (χ3v) is 7.37. The lowest BCUT2D eigenvalue weighted by Gasteiger charge is -2.36. The number of nitrogens with one attached hydrogen (secondary N) is 1. The van der Waals surface area contributed by atoms with Crippen molar-refractivity contribution in [2.45, 2.75) is 31.7 Å². The van der Waals surface area contributed by atoms with Crippen LogP contribution < -0.4 is 5.32 Å². The lowest BCUT2D eigenvalue weighted by molar-refractivity contribution is -0.133. The van der Waals surface area contributed by atoms with Crippen LogP contribution in [-0.2, 0) is 11.2 Å². The van der Waals surface area contributed by atoms with Gasteiger partial charge in [0.1, 0.15) is 0 Å². The maximum Gasteiger partial charge on any atom is 0.317 e. The first-order chi connectivity index (χ1) is 15.9. The summed E-state index contributed by atoms with van der Waals surface area (Å²) in [5, 5.41) is 12.7. The number of amides is 3. The van der Waals surface area contributed by atoms with Crippen LogP contribution in [0.15, 0.2) is 36.4 Å². The van der Waals surface area contributed by atoms with Crippen molar-refractivity contribution >= 4 is 35.1 Å². The number of benzene rings is 2. The standard InChI is InChI=1S/C25H26Cl2N4O2/c1-29-25(33)30-9-7-20(8-10-30)31-11-6-18(24(31)32)12-21-22(26)13-19(14-23(21)27)17-4-2-16(15-28)3-5-17/h2-5,13-14,18,20H,6-12H2,1H3,(H,29,33)/t18-/m0/s1. The summed E-state index contributed by atoms with van der Waals surface area (Å²) in [5.41, 5.74) is 3.19. The minimum atomic E-state index is -0.141. The number of piperidine rings is 1. The topological polar surface area (TPSA) is 76.4 Å². The molecule has 0 spiro atoms. The van der Waals surface area contributed by atoms with E-state index in [2.05, 4.69) is 11.4 Å². The molecule has 2 fully saturated rings. The van der Waals surface area contributed by atoms with Gasteiger partial charge in [0.15, 0.2) is 0 Å². The van der Waals surface area contributed by atoms with E-state index in [1.165, 1.54) is 0 Å². The third-order valence-electron chi connectivity index (χ3n) is 6.70. The van der Waals surface area contributed by atoms with Gasteiger partial charge in [0.05, 0.1) is 11.6 Å². The van der Waals surface area contributed by atoms with Crippen LogP contribution in [0.3, 0.4) is 0 Å². The first kappa shape index (κ1) is 23.4. The lowest BCUT2D eigenvalue weighted by Crippen LogP contribution is -2.49. The van der Waals surface area contributed by atoms with Crippen LogP contribution >= 0.6 is 23.2 Å². The Hall–Kier alpha value is -2.75. The van der Waals surface area contributed by atoms with Crippen LogP contribution in [-0.4, -0.2) is 54.5 Å². The molecule has 2 aliphatic heterocycles. The fraction of sp³-hybridized carbons (Fsp3) is 0.400. The molecule has 0 bridgehead atoms. The highest BCUT2D eigenvalue weighted by Crippen LogP contribution is 2.36. The Kier molecular flexibility index (Phi) is 7.11. The normalized spacial score (nSPS) is 19.0. The molecule has 1 N–H and O–H groups in total. The van der Waals surface area contributed by atoms with Gasteiger partial charge in [0.25, 0.3) is 0 Å². The van der Waals surface area contributed by atoms with E-state index in [1.54, 1.807) is 24.1 Å². The zero-order valence-corrected chi connectivity index (χ0v) is 20.0. The number of hydrogen-bond acceptors (Lipinski definition) is 3. The summed E-state index contributed by atoms with van der Waals surface area (Å²) in [6.07, 6.45) is 2.88. The Morgan fingerprint density at radius 1 is 1.06 bits per heavy atom. The van der Waals surface area contributed by atoms with Crippen molar-refractivity contribution in [2.75, 3.05) is 26.7 Å². The van der Waals surface area contributed by atoms with Gasteiger partial charge in [-0.1, -0.05) is 35.3 Å². The van der Waals surface area contributed by atoms with E-state index < -0.39 is 0 Å². The summed E-state index contributed by atoms with van der Waals surface area (Å²) in [7, 11) is 1.64. The molecular weight excluding hydrogens is 459 g/mol. The van der Waals surface area contributed by atoms with Crippen LogP contribution in [0.2, 0.25) is 10.0 Å². The molecule has 1 atom stereocenters. The van der Waals surface area contributed by atoms with Crippen molar-refractivity contribution in [1.29, 1.82) is 5.26 Å². The average Bonchev–Trinajstić information content (AvgIpc) is 3.20. The molecule has 3 amide bonds. The maximum absolute atomic E-state index is 13.2. The van der Waals surface area contributed by atoms with Crippen LogP contribution in [0.5, 0.6) is 0 Å². The second kappa shape index (κ2) is 10.0. The summed E-state index contributed by atoms with van der Waals surface area (Å²) in [6, 6.07) is 13.2. The number of halogens is 2. The number of carbonyl (C=O) groups is 2. The van der Waals surface area contributed by atoms with E-state index >= 15 is 0 Å². The Morgan fingerprint density at radius 2 is 1.70 bits per heavy atom. The molecule has 2 aromatic carbocycles. The van der Waals surface area contributed by atoms with Gasteiger partial charge < -0.3 is 15.1 Å². The van der Waals surface area contributed by atoms with Crippen molar-refractivity contribution < 1.29 is 9.59 Å². The highest BCUT2D eigenvalue weighted by molar-refractivity contribution is 6.36. The van der Waals surface area contributed by atoms with E-state index in [0.717, 1.165) is 42.5 Å². The number of likely N-dealkylation sites (tertiary alicyclic amines) is 2. The quantitative estimate of drug-likeness (QED) is 0.681. The number of carbonyl (C=O) groups excluding carboxylic acids is 2. The van der Waals surface area contributed by atoms with Gasteiger partial charge >= 0.3 is 6.03 Å². The van der Waals surface area contributed by atoms with E-state index in [4.69, 9.17) is 28.5 Å². The first-order valence-corrected chi connectivity index (χ1v) is 11.9. The molecule has 0 aliphatic carbocycles. The minimum Gasteiger partial charge on any atom is -0.341 e. The van der Waals surface area contributed by atoms with Crippen LogP contribution in [0, 0.1) is 17.2 Å². The Labute approximate surface area is 204 Å². The molecule has 0 aromatic heterocycles. The molecule has 8 heteroatoms. The summed E-state index contributed by atoms with van der Waals surface area (Å²) in [4.78, 5) is 28.8. The summed E-state index contributed by atoms with van der Waals surface area (Å²) >= 11 is 13.2. The molecule has 0 saturated carbocycles. The van der Waals surface area contributed by atoms with Gasteiger partial charge in [0, 0.05) is 48.7 Å². The first-order valence-electron chi connectivity index (χ1n) is 11.2. The monoisotopic (exact) mass is 484 g/mol. The van der Waals surface area contributed by atoms with Crippen molar-refractivity contribution in [3.05, 3.63) is 57.6 Å². The Bertz CT molecular complexity index is 1070. The number of nitriles is 1. The van der Waals surface area contributed by atoms with Gasteiger partial charge in [0.2, 0.25) is 5.91 Å². The van der Waals surface area contributed by atoms with Gasteiger partial charge in [-0.05, 0) is 66.6 Å². The minimum absolute atomic E-state index is 0.0622. The lowest BCUT2D eigenvalue weighted by atomic mass is 9.95. The SMILES string of the molecule is CNC(=O)N1CCC(N2CC[C@@H](Cc3c(Cl)cc(-c4ccc(C#N)cc4)cc3Cl)C2=O)CC1. The van der Waals surface area contributed by atoms with Crippen molar-refractivity contribution in [3.63, 3.8) is 0 Å². The molecule has 0 unspecified atom stereocenters. The van der Waals surface area contributed by atoms with E-state index in [1.807, 2.05) is 29.2 Å². The number of nitrogens with zero attached hydrogens (tertiary/aromatic N) is 3. The second-order valence-corrected chi connectivity index (χ2v) is 9.42. The molecule has 2 saturated heterocycles.